The van der Waals surface area contributed by atoms with Crippen LogP contribution < -0.4 is 20.1 Å². The lowest BCUT2D eigenvalue weighted by molar-refractivity contribution is 0.0946. The average molecular weight is 397 g/mol. The van der Waals surface area contributed by atoms with Gasteiger partial charge in [0.15, 0.2) is 11.5 Å². The molecule has 0 bridgehead atoms. The summed E-state index contributed by atoms with van der Waals surface area (Å²) in [6, 6.07) is 12.6. The Bertz CT molecular complexity index is 1040. The monoisotopic (exact) mass is 396 g/mol. The number of carbonyl (C=O) groups excluding carboxylic acids is 1. The predicted molar refractivity (Wildman–Crippen MR) is 105 cm³/mol. The summed E-state index contributed by atoms with van der Waals surface area (Å²) in [6.07, 6.45) is 1.53. The number of anilines is 2. The van der Waals surface area contributed by atoms with E-state index in [9.17, 15) is 4.79 Å². The molecule has 0 atom stereocenters. The molecular formula is C20H17ClN4O3. The van der Waals surface area contributed by atoms with Gasteiger partial charge in [-0.05, 0) is 48.4 Å². The zero-order valence-corrected chi connectivity index (χ0v) is 15.8. The standard InChI is InChI=1S/C20H17ClN4O3/c1-12-14(21)3-2-4-15(12)24-20-22-8-7-16(25-20)19(26)23-10-13-5-6-17-18(9-13)28-11-27-17/h2-9H,10-11H2,1H3,(H,23,26)(H,22,24,25). The molecule has 1 aliphatic rings. The lowest BCUT2D eigenvalue weighted by atomic mass is 10.2. The van der Waals surface area contributed by atoms with Crippen LogP contribution >= 0.6 is 11.6 Å². The van der Waals surface area contributed by atoms with E-state index in [-0.39, 0.29) is 18.4 Å². The first-order valence-corrected chi connectivity index (χ1v) is 9.00. The van der Waals surface area contributed by atoms with Crippen molar-refractivity contribution >= 4 is 29.1 Å². The lowest BCUT2D eigenvalue weighted by Gasteiger charge is -2.10. The third-order valence-corrected chi connectivity index (χ3v) is 4.70. The molecule has 0 aliphatic carbocycles. The first-order chi connectivity index (χ1) is 13.6. The molecule has 3 aromatic rings. The number of nitrogens with one attached hydrogen (secondary N) is 2. The van der Waals surface area contributed by atoms with Crippen molar-refractivity contribution in [3.05, 3.63) is 70.5 Å². The van der Waals surface area contributed by atoms with Gasteiger partial charge >= 0.3 is 0 Å². The summed E-state index contributed by atoms with van der Waals surface area (Å²) in [4.78, 5) is 20.9. The van der Waals surface area contributed by atoms with Crippen LogP contribution in [0.15, 0.2) is 48.7 Å². The van der Waals surface area contributed by atoms with E-state index in [1.54, 1.807) is 6.07 Å². The highest BCUT2D eigenvalue weighted by Crippen LogP contribution is 2.32. The van der Waals surface area contributed by atoms with Crippen LogP contribution in [-0.4, -0.2) is 22.7 Å². The summed E-state index contributed by atoms with van der Waals surface area (Å²) >= 11 is 6.13. The first kappa shape index (κ1) is 18.1. The lowest BCUT2D eigenvalue weighted by Crippen LogP contribution is -2.24. The van der Waals surface area contributed by atoms with Gasteiger partial charge in [-0.1, -0.05) is 23.7 Å². The van der Waals surface area contributed by atoms with Gasteiger partial charge in [0.05, 0.1) is 0 Å². The van der Waals surface area contributed by atoms with Crippen molar-refractivity contribution in [3.63, 3.8) is 0 Å². The Labute approximate surface area is 166 Å². The third-order valence-electron chi connectivity index (χ3n) is 4.29. The number of carbonyl (C=O) groups is 1. The quantitative estimate of drug-likeness (QED) is 0.681. The Hall–Kier alpha value is -3.32. The number of ether oxygens (including phenoxy) is 2. The van der Waals surface area contributed by atoms with Gasteiger partial charge in [0, 0.05) is 23.5 Å². The van der Waals surface area contributed by atoms with Gasteiger partial charge in [-0.25, -0.2) is 9.97 Å². The second kappa shape index (κ2) is 7.74. The van der Waals surface area contributed by atoms with Crippen molar-refractivity contribution in [2.75, 3.05) is 12.1 Å². The number of hydrogen-bond donors (Lipinski definition) is 2. The number of aromatic nitrogens is 2. The molecule has 0 spiro atoms. The van der Waals surface area contributed by atoms with E-state index in [4.69, 9.17) is 21.1 Å². The summed E-state index contributed by atoms with van der Waals surface area (Å²) in [5, 5.41) is 6.58. The molecule has 0 saturated heterocycles. The molecular weight excluding hydrogens is 380 g/mol. The fourth-order valence-corrected chi connectivity index (χ4v) is 2.91. The molecule has 2 heterocycles. The smallest absolute Gasteiger partial charge is 0.270 e. The minimum Gasteiger partial charge on any atom is -0.454 e. The van der Waals surface area contributed by atoms with E-state index in [0.717, 1.165) is 16.8 Å². The molecule has 0 radical (unpaired) electrons. The molecule has 142 valence electrons. The van der Waals surface area contributed by atoms with Crippen LogP contribution in [0.3, 0.4) is 0 Å². The van der Waals surface area contributed by atoms with E-state index in [2.05, 4.69) is 20.6 Å². The first-order valence-electron chi connectivity index (χ1n) is 8.62. The molecule has 1 aliphatic heterocycles. The normalized spacial score (nSPS) is 11.9. The molecule has 0 fully saturated rings. The molecule has 2 N–H and O–H groups in total. The summed E-state index contributed by atoms with van der Waals surface area (Å²) in [5.74, 6) is 1.40. The Morgan fingerprint density at radius 3 is 2.93 bits per heavy atom. The molecule has 7 nitrogen and oxygen atoms in total. The maximum absolute atomic E-state index is 12.5. The molecule has 0 saturated carbocycles. The average Bonchev–Trinajstić information content (AvgIpc) is 3.18. The van der Waals surface area contributed by atoms with Crippen LogP contribution in [0.5, 0.6) is 11.5 Å². The SMILES string of the molecule is Cc1c(Cl)cccc1Nc1nccc(C(=O)NCc2ccc3c(c2)OCO3)n1. The van der Waals surface area contributed by atoms with Gasteiger partial charge in [0.25, 0.3) is 5.91 Å². The molecule has 4 rings (SSSR count). The molecule has 0 unspecified atom stereocenters. The van der Waals surface area contributed by atoms with Crippen molar-refractivity contribution in [3.8, 4) is 11.5 Å². The number of hydrogen-bond acceptors (Lipinski definition) is 6. The largest absolute Gasteiger partial charge is 0.454 e. The van der Waals surface area contributed by atoms with E-state index in [1.165, 1.54) is 6.20 Å². The summed E-state index contributed by atoms with van der Waals surface area (Å²) in [5.41, 5.74) is 2.83. The zero-order valence-electron chi connectivity index (χ0n) is 15.0. The zero-order chi connectivity index (χ0) is 19.5. The Balaban J connectivity index is 1.43. The van der Waals surface area contributed by atoms with Crippen LogP contribution in [0.2, 0.25) is 5.02 Å². The van der Waals surface area contributed by atoms with E-state index in [1.807, 2.05) is 43.3 Å². The second-order valence-corrected chi connectivity index (χ2v) is 6.58. The molecule has 1 amide bonds. The fraction of sp³-hybridized carbons (Fsp3) is 0.150. The highest BCUT2D eigenvalue weighted by molar-refractivity contribution is 6.31. The summed E-state index contributed by atoms with van der Waals surface area (Å²) in [7, 11) is 0. The van der Waals surface area contributed by atoms with Crippen molar-refractivity contribution in [2.24, 2.45) is 0 Å². The van der Waals surface area contributed by atoms with Crippen LogP contribution in [0.25, 0.3) is 0 Å². The number of nitrogens with zero attached hydrogens (tertiary/aromatic N) is 2. The molecule has 8 heteroatoms. The third kappa shape index (κ3) is 3.84. The van der Waals surface area contributed by atoms with Gasteiger partial charge in [0.1, 0.15) is 5.69 Å². The van der Waals surface area contributed by atoms with Crippen LogP contribution in [0.1, 0.15) is 21.6 Å². The van der Waals surface area contributed by atoms with Crippen molar-refractivity contribution in [1.82, 2.24) is 15.3 Å². The predicted octanol–water partition coefficient (Wildman–Crippen LogP) is 3.84. The van der Waals surface area contributed by atoms with E-state index >= 15 is 0 Å². The Morgan fingerprint density at radius 1 is 1.18 bits per heavy atom. The van der Waals surface area contributed by atoms with Gasteiger partial charge < -0.3 is 20.1 Å². The van der Waals surface area contributed by atoms with Crippen LogP contribution in [0, 0.1) is 6.92 Å². The highest BCUT2D eigenvalue weighted by atomic mass is 35.5. The number of benzene rings is 2. The van der Waals surface area contributed by atoms with Crippen molar-refractivity contribution in [2.45, 2.75) is 13.5 Å². The van der Waals surface area contributed by atoms with Gasteiger partial charge in [-0.2, -0.15) is 0 Å². The molecule has 1 aromatic heterocycles. The highest BCUT2D eigenvalue weighted by Gasteiger charge is 2.14. The molecule has 2 aromatic carbocycles. The van der Waals surface area contributed by atoms with Gasteiger partial charge in [0.2, 0.25) is 12.7 Å². The Kier molecular flexibility index (Phi) is 4.99. The topological polar surface area (TPSA) is 85.4 Å². The minimum absolute atomic E-state index is 0.216. The summed E-state index contributed by atoms with van der Waals surface area (Å²) < 4.78 is 10.6. The van der Waals surface area contributed by atoms with Crippen molar-refractivity contribution < 1.29 is 14.3 Å². The number of halogens is 1. The minimum atomic E-state index is -0.300. The Morgan fingerprint density at radius 2 is 2.04 bits per heavy atom. The number of fused-ring (bicyclic) bond motifs is 1. The van der Waals surface area contributed by atoms with E-state index in [0.29, 0.717) is 29.0 Å². The van der Waals surface area contributed by atoms with E-state index < -0.39 is 0 Å². The fourth-order valence-electron chi connectivity index (χ4n) is 2.73. The van der Waals surface area contributed by atoms with Crippen molar-refractivity contribution in [1.29, 1.82) is 0 Å². The number of amides is 1. The summed E-state index contributed by atoms with van der Waals surface area (Å²) in [6.45, 7) is 2.45. The van der Waals surface area contributed by atoms with Gasteiger partial charge in [-0.3, -0.25) is 4.79 Å². The molecule has 28 heavy (non-hydrogen) atoms. The van der Waals surface area contributed by atoms with Crippen LogP contribution in [-0.2, 0) is 6.54 Å². The second-order valence-electron chi connectivity index (χ2n) is 6.17. The number of rotatable bonds is 5. The maximum Gasteiger partial charge on any atom is 0.270 e. The van der Waals surface area contributed by atoms with Crippen LogP contribution in [0.4, 0.5) is 11.6 Å². The van der Waals surface area contributed by atoms with Gasteiger partial charge in [-0.15, -0.1) is 0 Å². The maximum atomic E-state index is 12.5.